The maximum Gasteiger partial charge on any atom is 0.303 e. The van der Waals surface area contributed by atoms with Crippen molar-refractivity contribution in [3.63, 3.8) is 0 Å². The highest BCUT2D eigenvalue weighted by Crippen LogP contribution is 2.05. The van der Waals surface area contributed by atoms with E-state index in [9.17, 15) is 14.4 Å². The molecule has 90 valence electrons. The van der Waals surface area contributed by atoms with Gasteiger partial charge in [0.1, 0.15) is 11.6 Å². The van der Waals surface area contributed by atoms with Gasteiger partial charge in [0.15, 0.2) is 0 Å². The van der Waals surface area contributed by atoms with E-state index in [2.05, 4.69) is 0 Å². The van der Waals surface area contributed by atoms with Crippen molar-refractivity contribution in [3.05, 3.63) is 6.92 Å². The van der Waals surface area contributed by atoms with Crippen LogP contribution in [0.3, 0.4) is 0 Å². The van der Waals surface area contributed by atoms with Crippen LogP contribution in [0.25, 0.3) is 0 Å². The van der Waals surface area contributed by atoms with Crippen molar-refractivity contribution in [1.29, 1.82) is 0 Å². The molecule has 4 heteroatoms. The SMILES string of the molecule is [CH]CCCC(=O)CC(=O)CCCCC(=O)O. The summed E-state index contributed by atoms with van der Waals surface area (Å²) in [6.45, 7) is 5.24. The lowest BCUT2D eigenvalue weighted by atomic mass is 10.0. The van der Waals surface area contributed by atoms with Crippen LogP contribution in [0.4, 0.5) is 0 Å². The average molecular weight is 226 g/mol. The van der Waals surface area contributed by atoms with E-state index in [4.69, 9.17) is 12.0 Å². The Labute approximate surface area is 96.0 Å². The Bertz CT molecular complexity index is 245. The zero-order chi connectivity index (χ0) is 12.4. The molecule has 0 heterocycles. The standard InChI is InChI=1S/C12H18O4/c1-2-3-6-10(13)9-11(14)7-4-5-8-12(15)16/h1H,2-9H2,(H,15,16). The number of carbonyl (C=O) groups excluding carboxylic acids is 2. The molecule has 0 aliphatic heterocycles. The van der Waals surface area contributed by atoms with Crippen molar-refractivity contribution in [2.24, 2.45) is 0 Å². The third kappa shape index (κ3) is 9.37. The Kier molecular flexibility index (Phi) is 8.39. The highest BCUT2D eigenvalue weighted by molar-refractivity contribution is 5.98. The van der Waals surface area contributed by atoms with E-state index in [0.29, 0.717) is 38.5 Å². The molecule has 16 heavy (non-hydrogen) atoms. The summed E-state index contributed by atoms with van der Waals surface area (Å²) in [5, 5.41) is 8.37. The number of hydrogen-bond donors (Lipinski definition) is 1. The Balaban J connectivity index is 3.50. The molecule has 0 fully saturated rings. The van der Waals surface area contributed by atoms with Gasteiger partial charge in [-0.15, -0.1) is 0 Å². The molecule has 2 radical (unpaired) electrons. The minimum Gasteiger partial charge on any atom is -0.481 e. The Morgan fingerprint density at radius 1 is 0.875 bits per heavy atom. The molecule has 0 saturated heterocycles. The normalized spacial score (nSPS) is 10.1. The number of aliphatic carboxylic acids is 1. The first-order valence-corrected chi connectivity index (χ1v) is 5.51. The smallest absolute Gasteiger partial charge is 0.303 e. The lowest BCUT2D eigenvalue weighted by Crippen LogP contribution is -2.07. The molecule has 0 aromatic carbocycles. The van der Waals surface area contributed by atoms with Crippen LogP contribution in [-0.4, -0.2) is 22.6 Å². The number of hydrogen-bond acceptors (Lipinski definition) is 3. The van der Waals surface area contributed by atoms with Crippen molar-refractivity contribution in [1.82, 2.24) is 0 Å². The van der Waals surface area contributed by atoms with E-state index in [1.807, 2.05) is 0 Å². The molecule has 0 saturated carbocycles. The second-order valence-corrected chi connectivity index (χ2v) is 3.75. The van der Waals surface area contributed by atoms with E-state index < -0.39 is 5.97 Å². The van der Waals surface area contributed by atoms with Crippen LogP contribution in [-0.2, 0) is 14.4 Å². The fourth-order valence-corrected chi connectivity index (χ4v) is 1.29. The van der Waals surface area contributed by atoms with Crippen LogP contribution in [0.15, 0.2) is 0 Å². The highest BCUT2D eigenvalue weighted by atomic mass is 16.4. The van der Waals surface area contributed by atoms with Gasteiger partial charge in [0, 0.05) is 19.3 Å². The number of carboxylic acids is 1. The number of carboxylic acid groups (broad SMARTS) is 1. The van der Waals surface area contributed by atoms with Gasteiger partial charge < -0.3 is 5.11 Å². The fraction of sp³-hybridized carbons (Fsp3) is 0.667. The van der Waals surface area contributed by atoms with Gasteiger partial charge in [-0.1, -0.05) is 0 Å². The number of rotatable bonds is 10. The van der Waals surface area contributed by atoms with E-state index >= 15 is 0 Å². The van der Waals surface area contributed by atoms with Gasteiger partial charge in [-0.2, -0.15) is 0 Å². The Morgan fingerprint density at radius 2 is 1.38 bits per heavy atom. The molecule has 0 rings (SSSR count). The fourth-order valence-electron chi connectivity index (χ4n) is 1.29. The summed E-state index contributed by atoms with van der Waals surface area (Å²) in [7, 11) is 0. The first kappa shape index (κ1) is 14.8. The topological polar surface area (TPSA) is 71.4 Å². The minimum atomic E-state index is -0.855. The number of unbranched alkanes of at least 4 members (excludes halogenated alkanes) is 2. The number of carbonyl (C=O) groups is 3. The summed E-state index contributed by atoms with van der Waals surface area (Å²) >= 11 is 0. The van der Waals surface area contributed by atoms with E-state index in [-0.39, 0.29) is 24.4 Å². The van der Waals surface area contributed by atoms with Crippen LogP contribution in [0.1, 0.15) is 51.4 Å². The molecule has 0 bridgehead atoms. The van der Waals surface area contributed by atoms with Gasteiger partial charge in [-0.25, -0.2) is 0 Å². The summed E-state index contributed by atoms with van der Waals surface area (Å²) in [6, 6.07) is 0. The molecule has 4 nitrogen and oxygen atoms in total. The molecule has 0 aromatic rings. The molecule has 0 aliphatic carbocycles. The van der Waals surface area contributed by atoms with Gasteiger partial charge in [-0.05, 0) is 32.6 Å². The lowest BCUT2D eigenvalue weighted by molar-refractivity contribution is -0.137. The molecular formula is C12H18O4. The van der Waals surface area contributed by atoms with Crippen LogP contribution in [0, 0.1) is 6.92 Å². The summed E-state index contributed by atoms with van der Waals surface area (Å²) in [4.78, 5) is 32.6. The van der Waals surface area contributed by atoms with Crippen molar-refractivity contribution >= 4 is 17.5 Å². The van der Waals surface area contributed by atoms with Gasteiger partial charge in [-0.3, -0.25) is 14.4 Å². The molecule has 0 aliphatic rings. The van der Waals surface area contributed by atoms with Crippen molar-refractivity contribution < 1.29 is 19.5 Å². The predicted octanol–water partition coefficient (Wildman–Crippen LogP) is 2.04. The zero-order valence-corrected chi connectivity index (χ0v) is 9.41. The zero-order valence-electron chi connectivity index (χ0n) is 9.41. The third-order valence-electron chi connectivity index (χ3n) is 2.15. The van der Waals surface area contributed by atoms with E-state index in [1.165, 1.54) is 0 Å². The average Bonchev–Trinajstić information content (AvgIpc) is 2.21. The molecule has 0 amide bonds. The second-order valence-electron chi connectivity index (χ2n) is 3.75. The maximum absolute atomic E-state index is 11.3. The molecule has 0 unspecified atom stereocenters. The molecule has 0 atom stereocenters. The maximum atomic E-state index is 11.3. The third-order valence-corrected chi connectivity index (χ3v) is 2.15. The van der Waals surface area contributed by atoms with Gasteiger partial charge in [0.25, 0.3) is 0 Å². The summed E-state index contributed by atoms with van der Waals surface area (Å²) in [5.41, 5.74) is 0. The van der Waals surface area contributed by atoms with Crippen LogP contribution in [0.5, 0.6) is 0 Å². The van der Waals surface area contributed by atoms with E-state index in [1.54, 1.807) is 0 Å². The summed E-state index contributed by atoms with van der Waals surface area (Å²) < 4.78 is 0. The predicted molar refractivity (Wildman–Crippen MR) is 58.9 cm³/mol. The lowest BCUT2D eigenvalue weighted by Gasteiger charge is -2.00. The van der Waals surface area contributed by atoms with Crippen LogP contribution in [0.2, 0.25) is 0 Å². The van der Waals surface area contributed by atoms with Crippen molar-refractivity contribution in [2.75, 3.05) is 0 Å². The highest BCUT2D eigenvalue weighted by Gasteiger charge is 2.09. The van der Waals surface area contributed by atoms with Crippen molar-refractivity contribution in [2.45, 2.75) is 51.4 Å². The number of ketones is 2. The van der Waals surface area contributed by atoms with E-state index in [0.717, 1.165) is 0 Å². The summed E-state index contributed by atoms with van der Waals surface area (Å²) in [6.07, 6.45) is 2.79. The molecular weight excluding hydrogens is 208 g/mol. The number of Topliss-reactive ketones (excluding diaryl/α,β-unsaturated/α-hetero) is 2. The first-order valence-electron chi connectivity index (χ1n) is 5.51. The second kappa shape index (κ2) is 9.07. The Hall–Kier alpha value is -1.19. The quantitative estimate of drug-likeness (QED) is 0.457. The first-order chi connectivity index (χ1) is 7.56. The van der Waals surface area contributed by atoms with Gasteiger partial charge in [0.2, 0.25) is 0 Å². The van der Waals surface area contributed by atoms with Crippen LogP contribution < -0.4 is 0 Å². The van der Waals surface area contributed by atoms with Crippen molar-refractivity contribution in [3.8, 4) is 0 Å². The minimum absolute atomic E-state index is 0.0347. The van der Waals surface area contributed by atoms with Gasteiger partial charge >= 0.3 is 5.97 Å². The molecule has 1 N–H and O–H groups in total. The largest absolute Gasteiger partial charge is 0.481 e. The molecule has 0 aromatic heterocycles. The monoisotopic (exact) mass is 226 g/mol. The Morgan fingerprint density at radius 3 is 1.88 bits per heavy atom. The van der Waals surface area contributed by atoms with Crippen LogP contribution >= 0.6 is 0 Å². The summed E-state index contributed by atoms with van der Waals surface area (Å²) in [5.74, 6) is -1.03. The molecule has 0 spiro atoms. The van der Waals surface area contributed by atoms with Gasteiger partial charge in [0.05, 0.1) is 6.42 Å².